The molecule has 0 aliphatic heterocycles. The number of rotatable bonds is 6. The predicted molar refractivity (Wildman–Crippen MR) is 133 cm³/mol. The Morgan fingerprint density at radius 3 is 2.63 bits per heavy atom. The molecule has 4 rings (SSSR count). The van der Waals surface area contributed by atoms with E-state index in [9.17, 15) is 18.0 Å². The van der Waals surface area contributed by atoms with Crippen molar-refractivity contribution in [2.75, 3.05) is 11.6 Å². The van der Waals surface area contributed by atoms with E-state index in [0.717, 1.165) is 11.8 Å². The Kier molecular flexibility index (Phi) is 6.39. The van der Waals surface area contributed by atoms with Gasteiger partial charge in [0.15, 0.2) is 11.1 Å². The van der Waals surface area contributed by atoms with E-state index in [0.29, 0.717) is 33.4 Å². The standard InChI is InChI=1S/C23H22ClN5O5S/c1-11-7-15(22-16(8-11)20(30)12(2)21(34-22)14-9-25-26-10-14)13(3)27-17-5-6-18(24)28-19(17)23(31)29-35(4,32)33/h5-10,13,27H,1-4H3,(H,25,26)(H,29,31). The van der Waals surface area contributed by atoms with Crippen LogP contribution in [0, 0.1) is 13.8 Å². The van der Waals surface area contributed by atoms with Crippen LogP contribution >= 0.6 is 11.6 Å². The molecule has 0 aliphatic rings. The van der Waals surface area contributed by atoms with Crippen molar-refractivity contribution in [1.29, 1.82) is 0 Å². The lowest BCUT2D eigenvalue weighted by Crippen LogP contribution is -2.31. The third-order valence-corrected chi connectivity index (χ3v) is 6.11. The van der Waals surface area contributed by atoms with Gasteiger partial charge in [-0.1, -0.05) is 17.7 Å². The number of aromatic nitrogens is 3. The highest BCUT2D eigenvalue weighted by Crippen LogP contribution is 2.32. The number of amides is 1. The van der Waals surface area contributed by atoms with Crippen LogP contribution in [0.15, 0.2) is 45.9 Å². The number of aryl methyl sites for hydroxylation is 1. The van der Waals surface area contributed by atoms with Gasteiger partial charge in [-0.05, 0) is 44.5 Å². The molecule has 0 spiro atoms. The molecule has 3 aromatic heterocycles. The van der Waals surface area contributed by atoms with E-state index in [1.165, 1.54) is 12.1 Å². The quantitative estimate of drug-likeness (QED) is 0.329. The molecule has 3 N–H and O–H groups in total. The van der Waals surface area contributed by atoms with Crippen LogP contribution in [0.5, 0.6) is 0 Å². The van der Waals surface area contributed by atoms with Crippen molar-refractivity contribution in [1.82, 2.24) is 19.9 Å². The van der Waals surface area contributed by atoms with Crippen molar-refractivity contribution in [2.45, 2.75) is 26.8 Å². The van der Waals surface area contributed by atoms with Gasteiger partial charge in [0.2, 0.25) is 10.0 Å². The number of halogens is 1. The van der Waals surface area contributed by atoms with Crippen LogP contribution in [0.2, 0.25) is 5.15 Å². The Hall–Kier alpha value is -3.70. The van der Waals surface area contributed by atoms with Gasteiger partial charge in [-0.15, -0.1) is 0 Å². The zero-order chi connectivity index (χ0) is 25.5. The van der Waals surface area contributed by atoms with Crippen molar-refractivity contribution in [3.8, 4) is 11.3 Å². The van der Waals surface area contributed by atoms with E-state index in [-0.39, 0.29) is 22.0 Å². The SMILES string of the molecule is Cc1cc(C(C)Nc2ccc(Cl)nc2C(=O)NS(C)(=O)=O)c2oc(-c3cn[nH]c3)c(C)c(=O)c2c1. The van der Waals surface area contributed by atoms with Crippen molar-refractivity contribution in [3.63, 3.8) is 0 Å². The summed E-state index contributed by atoms with van der Waals surface area (Å²) in [6.07, 6.45) is 4.07. The minimum absolute atomic E-state index is 0.0223. The minimum atomic E-state index is -3.82. The summed E-state index contributed by atoms with van der Waals surface area (Å²) in [5.41, 5.74) is 2.87. The summed E-state index contributed by atoms with van der Waals surface area (Å²) < 4.78 is 31.3. The lowest BCUT2D eigenvalue weighted by atomic mass is 9.99. The monoisotopic (exact) mass is 515 g/mol. The molecular formula is C23H22ClN5O5S. The molecule has 3 heterocycles. The highest BCUT2D eigenvalue weighted by Gasteiger charge is 2.22. The Morgan fingerprint density at radius 2 is 1.97 bits per heavy atom. The average molecular weight is 516 g/mol. The molecule has 1 aromatic carbocycles. The fourth-order valence-electron chi connectivity index (χ4n) is 3.79. The van der Waals surface area contributed by atoms with Gasteiger partial charge in [-0.2, -0.15) is 5.10 Å². The molecule has 35 heavy (non-hydrogen) atoms. The summed E-state index contributed by atoms with van der Waals surface area (Å²) in [6.45, 7) is 5.38. The minimum Gasteiger partial charge on any atom is -0.455 e. The summed E-state index contributed by atoms with van der Waals surface area (Å²) in [4.78, 5) is 29.8. The Balaban J connectivity index is 1.82. The molecule has 12 heteroatoms. The van der Waals surface area contributed by atoms with Crippen molar-refractivity contribution < 1.29 is 17.6 Å². The van der Waals surface area contributed by atoms with Gasteiger partial charge in [-0.3, -0.25) is 14.7 Å². The number of pyridine rings is 1. The predicted octanol–water partition coefficient (Wildman–Crippen LogP) is 3.71. The van der Waals surface area contributed by atoms with Crippen LogP contribution in [0.1, 0.15) is 40.1 Å². The second-order valence-electron chi connectivity index (χ2n) is 8.20. The molecule has 0 saturated carbocycles. The van der Waals surface area contributed by atoms with Crippen molar-refractivity contribution in [3.05, 3.63) is 74.4 Å². The lowest BCUT2D eigenvalue weighted by molar-refractivity contribution is 0.0977. The highest BCUT2D eigenvalue weighted by molar-refractivity contribution is 7.89. The van der Waals surface area contributed by atoms with Crippen LogP contribution in [-0.4, -0.2) is 35.8 Å². The molecule has 0 aliphatic carbocycles. The maximum absolute atomic E-state index is 13.2. The Labute approximate surface area is 205 Å². The van der Waals surface area contributed by atoms with Crippen LogP contribution in [0.4, 0.5) is 5.69 Å². The summed E-state index contributed by atoms with van der Waals surface area (Å²) in [7, 11) is -3.82. The van der Waals surface area contributed by atoms with Crippen molar-refractivity contribution in [2.24, 2.45) is 0 Å². The van der Waals surface area contributed by atoms with Crippen LogP contribution in [0.25, 0.3) is 22.3 Å². The summed E-state index contributed by atoms with van der Waals surface area (Å²) in [6, 6.07) is 6.16. The maximum atomic E-state index is 13.2. The first-order chi connectivity index (χ1) is 16.4. The fraction of sp³-hybridized carbons (Fsp3) is 0.217. The molecule has 0 bridgehead atoms. The van der Waals surface area contributed by atoms with Gasteiger partial charge in [0.1, 0.15) is 16.5 Å². The summed E-state index contributed by atoms with van der Waals surface area (Å²) >= 11 is 5.96. The number of fused-ring (bicyclic) bond motifs is 1. The number of carbonyl (C=O) groups excluding carboxylic acids is 1. The number of benzene rings is 1. The zero-order valence-corrected chi connectivity index (χ0v) is 20.8. The zero-order valence-electron chi connectivity index (χ0n) is 19.3. The average Bonchev–Trinajstić information content (AvgIpc) is 3.30. The molecule has 0 radical (unpaired) electrons. The number of carbonyl (C=O) groups is 1. The first-order valence-electron chi connectivity index (χ1n) is 10.5. The molecule has 1 amide bonds. The number of aromatic amines is 1. The van der Waals surface area contributed by atoms with Crippen molar-refractivity contribution >= 4 is 44.2 Å². The van der Waals surface area contributed by atoms with Crippen LogP contribution in [0.3, 0.4) is 0 Å². The van der Waals surface area contributed by atoms with Crippen LogP contribution < -0.4 is 15.5 Å². The molecular weight excluding hydrogens is 494 g/mol. The van der Waals surface area contributed by atoms with E-state index in [1.807, 2.05) is 24.6 Å². The second kappa shape index (κ2) is 9.16. The number of anilines is 1. The third-order valence-electron chi connectivity index (χ3n) is 5.35. The Morgan fingerprint density at radius 1 is 1.23 bits per heavy atom. The number of H-pyrrole nitrogens is 1. The summed E-state index contributed by atoms with van der Waals surface area (Å²) in [5.74, 6) is -0.530. The van der Waals surface area contributed by atoms with E-state index >= 15 is 0 Å². The second-order valence-corrected chi connectivity index (χ2v) is 10.3. The van der Waals surface area contributed by atoms with Crippen LogP contribution in [-0.2, 0) is 10.0 Å². The number of hydrogen-bond donors (Lipinski definition) is 3. The Bertz CT molecular complexity index is 1610. The fourth-order valence-corrected chi connectivity index (χ4v) is 4.37. The molecule has 1 atom stereocenters. The van der Waals surface area contributed by atoms with E-state index in [4.69, 9.17) is 16.0 Å². The largest absolute Gasteiger partial charge is 0.455 e. The summed E-state index contributed by atoms with van der Waals surface area (Å²) in [5, 5.41) is 10.3. The number of sulfonamides is 1. The topological polar surface area (TPSA) is 147 Å². The molecule has 0 saturated heterocycles. The van der Waals surface area contributed by atoms with Gasteiger partial charge >= 0.3 is 0 Å². The normalized spacial score (nSPS) is 12.5. The van der Waals surface area contributed by atoms with Gasteiger partial charge in [0.25, 0.3) is 5.91 Å². The number of nitrogens with one attached hydrogen (secondary N) is 3. The molecule has 4 aromatic rings. The molecule has 10 nitrogen and oxygen atoms in total. The van der Waals surface area contributed by atoms with Gasteiger partial charge in [0, 0.05) is 17.3 Å². The van der Waals surface area contributed by atoms with Gasteiger partial charge < -0.3 is 9.73 Å². The number of nitrogens with zero attached hydrogens (tertiary/aromatic N) is 2. The molecule has 182 valence electrons. The third kappa shape index (κ3) is 5.05. The van der Waals surface area contributed by atoms with Gasteiger partial charge in [-0.25, -0.2) is 18.1 Å². The lowest BCUT2D eigenvalue weighted by Gasteiger charge is -2.20. The maximum Gasteiger partial charge on any atom is 0.285 e. The van der Waals surface area contributed by atoms with E-state index < -0.39 is 22.0 Å². The first kappa shape index (κ1) is 24.4. The molecule has 0 fully saturated rings. The number of hydrogen-bond acceptors (Lipinski definition) is 8. The van der Waals surface area contributed by atoms with E-state index in [1.54, 1.807) is 25.4 Å². The van der Waals surface area contributed by atoms with E-state index in [2.05, 4.69) is 20.5 Å². The highest BCUT2D eigenvalue weighted by atomic mass is 35.5. The van der Waals surface area contributed by atoms with Gasteiger partial charge in [0.05, 0.1) is 35.1 Å². The smallest absolute Gasteiger partial charge is 0.285 e. The first-order valence-corrected chi connectivity index (χ1v) is 12.7. The molecule has 1 unspecified atom stereocenters.